The van der Waals surface area contributed by atoms with Gasteiger partial charge in [-0.25, -0.2) is 9.97 Å². The van der Waals surface area contributed by atoms with E-state index in [0.29, 0.717) is 17.1 Å². The van der Waals surface area contributed by atoms with E-state index in [9.17, 15) is 4.79 Å². The SMILES string of the molecule is Cc1cc(OCC(=O)c2ccccc2)ccc1-c1cn(C(C)C)c2ncnc(N)c12. The van der Waals surface area contributed by atoms with Crippen LogP contribution in [0.2, 0.25) is 0 Å². The van der Waals surface area contributed by atoms with Crippen LogP contribution < -0.4 is 10.5 Å². The number of hydrogen-bond donors (Lipinski definition) is 1. The Hall–Kier alpha value is -3.67. The molecular formula is C24H24N4O2. The molecular weight excluding hydrogens is 376 g/mol. The maximum absolute atomic E-state index is 12.3. The average molecular weight is 400 g/mol. The fourth-order valence-electron chi connectivity index (χ4n) is 3.59. The summed E-state index contributed by atoms with van der Waals surface area (Å²) in [5.74, 6) is 1.06. The largest absolute Gasteiger partial charge is 0.485 e. The number of fused-ring (bicyclic) bond motifs is 1. The van der Waals surface area contributed by atoms with E-state index in [2.05, 4.69) is 34.6 Å². The van der Waals surface area contributed by atoms with Gasteiger partial charge in [0.05, 0.1) is 5.39 Å². The van der Waals surface area contributed by atoms with E-state index in [4.69, 9.17) is 10.5 Å². The summed E-state index contributed by atoms with van der Waals surface area (Å²) in [6.07, 6.45) is 3.57. The Labute approximate surface area is 175 Å². The number of nitrogen functional groups attached to an aromatic ring is 1. The molecule has 0 fully saturated rings. The highest BCUT2D eigenvalue weighted by Crippen LogP contribution is 2.36. The fraction of sp³-hybridized carbons (Fsp3) is 0.208. The van der Waals surface area contributed by atoms with Crippen LogP contribution in [-0.2, 0) is 0 Å². The summed E-state index contributed by atoms with van der Waals surface area (Å²) in [4.78, 5) is 20.9. The second-order valence-corrected chi connectivity index (χ2v) is 7.56. The van der Waals surface area contributed by atoms with E-state index in [1.54, 1.807) is 12.1 Å². The number of nitrogens with two attached hydrogens (primary N) is 1. The van der Waals surface area contributed by atoms with E-state index >= 15 is 0 Å². The van der Waals surface area contributed by atoms with E-state index in [1.807, 2.05) is 43.3 Å². The molecule has 0 saturated heterocycles. The number of carbonyl (C=O) groups is 1. The Bertz CT molecular complexity index is 1210. The lowest BCUT2D eigenvalue weighted by Gasteiger charge is -2.10. The van der Waals surface area contributed by atoms with E-state index < -0.39 is 0 Å². The third-order valence-corrected chi connectivity index (χ3v) is 5.15. The molecule has 0 saturated carbocycles. The van der Waals surface area contributed by atoms with Gasteiger partial charge in [-0.05, 0) is 44.0 Å². The summed E-state index contributed by atoms with van der Waals surface area (Å²) in [7, 11) is 0. The number of aryl methyl sites for hydroxylation is 1. The lowest BCUT2D eigenvalue weighted by molar-refractivity contribution is 0.0921. The number of ketones is 1. The number of carbonyl (C=O) groups excluding carboxylic acids is 1. The number of benzene rings is 2. The van der Waals surface area contributed by atoms with Crippen LogP contribution in [0.15, 0.2) is 61.1 Å². The first-order chi connectivity index (χ1) is 14.5. The molecule has 152 valence electrons. The zero-order valence-corrected chi connectivity index (χ0v) is 17.3. The van der Waals surface area contributed by atoms with Crippen LogP contribution in [0.3, 0.4) is 0 Å². The van der Waals surface area contributed by atoms with Gasteiger partial charge in [0.25, 0.3) is 0 Å². The quantitative estimate of drug-likeness (QED) is 0.469. The molecule has 2 aromatic heterocycles. The van der Waals surface area contributed by atoms with Gasteiger partial charge in [-0.2, -0.15) is 0 Å². The number of aromatic nitrogens is 3. The Morgan fingerprint density at radius 1 is 1.10 bits per heavy atom. The second-order valence-electron chi connectivity index (χ2n) is 7.56. The average Bonchev–Trinajstić information content (AvgIpc) is 3.14. The number of rotatable bonds is 6. The van der Waals surface area contributed by atoms with Crippen LogP contribution in [0.1, 0.15) is 35.8 Å². The fourth-order valence-corrected chi connectivity index (χ4v) is 3.59. The molecule has 6 nitrogen and oxygen atoms in total. The van der Waals surface area contributed by atoms with Crippen LogP contribution >= 0.6 is 0 Å². The van der Waals surface area contributed by atoms with Crippen molar-refractivity contribution in [2.45, 2.75) is 26.8 Å². The summed E-state index contributed by atoms with van der Waals surface area (Å²) >= 11 is 0. The topological polar surface area (TPSA) is 83.0 Å². The van der Waals surface area contributed by atoms with Crippen LogP contribution in [0.25, 0.3) is 22.2 Å². The van der Waals surface area contributed by atoms with Gasteiger partial charge in [0.15, 0.2) is 12.4 Å². The predicted molar refractivity (Wildman–Crippen MR) is 119 cm³/mol. The highest BCUT2D eigenvalue weighted by atomic mass is 16.5. The van der Waals surface area contributed by atoms with Crippen molar-refractivity contribution in [3.63, 3.8) is 0 Å². The molecule has 0 bridgehead atoms. The van der Waals surface area contributed by atoms with Gasteiger partial charge >= 0.3 is 0 Å². The van der Waals surface area contributed by atoms with Gasteiger partial charge in [-0.3, -0.25) is 4.79 Å². The number of nitrogens with zero attached hydrogens (tertiary/aromatic N) is 3. The smallest absolute Gasteiger partial charge is 0.200 e. The van der Waals surface area contributed by atoms with Crippen molar-refractivity contribution >= 4 is 22.6 Å². The molecule has 6 heteroatoms. The molecule has 0 spiro atoms. The number of hydrogen-bond acceptors (Lipinski definition) is 5. The molecule has 0 aliphatic rings. The van der Waals surface area contributed by atoms with Crippen molar-refractivity contribution in [3.05, 3.63) is 72.2 Å². The number of anilines is 1. The maximum Gasteiger partial charge on any atom is 0.200 e. The standard InChI is InChI=1S/C24H24N4O2/c1-15(2)28-12-20(22-23(25)26-14-27-24(22)28)19-10-9-18(11-16(19)3)30-13-21(29)17-7-5-4-6-8-17/h4-12,14-15H,13H2,1-3H3,(H2,25,26,27). The molecule has 0 amide bonds. The summed E-state index contributed by atoms with van der Waals surface area (Å²) < 4.78 is 7.85. The second kappa shape index (κ2) is 7.99. The third-order valence-electron chi connectivity index (χ3n) is 5.15. The molecule has 4 rings (SSSR count). The Kier molecular flexibility index (Phi) is 5.23. The Balaban J connectivity index is 1.64. The Morgan fingerprint density at radius 2 is 1.87 bits per heavy atom. The Morgan fingerprint density at radius 3 is 2.57 bits per heavy atom. The van der Waals surface area contributed by atoms with Gasteiger partial charge in [0, 0.05) is 23.4 Å². The van der Waals surface area contributed by atoms with Gasteiger partial charge in [0.1, 0.15) is 23.5 Å². The van der Waals surface area contributed by atoms with Gasteiger partial charge in [-0.15, -0.1) is 0 Å². The van der Waals surface area contributed by atoms with Crippen molar-refractivity contribution < 1.29 is 9.53 Å². The normalized spacial score (nSPS) is 11.2. The summed E-state index contributed by atoms with van der Waals surface area (Å²) in [6.45, 7) is 6.22. The van der Waals surface area contributed by atoms with Crippen molar-refractivity contribution in [2.24, 2.45) is 0 Å². The van der Waals surface area contributed by atoms with Crippen molar-refractivity contribution in [3.8, 4) is 16.9 Å². The van der Waals surface area contributed by atoms with Gasteiger partial charge in [0.2, 0.25) is 0 Å². The number of Topliss-reactive ketones (excluding diaryl/α,β-unsaturated/α-hetero) is 1. The first-order valence-electron chi connectivity index (χ1n) is 9.88. The van der Waals surface area contributed by atoms with Gasteiger partial charge < -0.3 is 15.0 Å². The zero-order chi connectivity index (χ0) is 21.3. The molecule has 0 aliphatic carbocycles. The van der Waals surface area contributed by atoms with Crippen LogP contribution in [0.5, 0.6) is 5.75 Å². The predicted octanol–water partition coefficient (Wildman–Crippen LogP) is 4.83. The van der Waals surface area contributed by atoms with Crippen molar-refractivity contribution in [1.82, 2.24) is 14.5 Å². The van der Waals surface area contributed by atoms with Crippen LogP contribution in [0.4, 0.5) is 5.82 Å². The van der Waals surface area contributed by atoms with Crippen LogP contribution in [-0.4, -0.2) is 26.9 Å². The summed E-state index contributed by atoms with van der Waals surface area (Å²) in [5.41, 5.74) is 10.7. The lowest BCUT2D eigenvalue weighted by atomic mass is 10.0. The van der Waals surface area contributed by atoms with E-state index in [1.165, 1.54) is 6.33 Å². The highest BCUT2D eigenvalue weighted by molar-refractivity contribution is 6.01. The lowest BCUT2D eigenvalue weighted by Crippen LogP contribution is -2.11. The van der Waals surface area contributed by atoms with Crippen LogP contribution in [0, 0.1) is 6.92 Å². The van der Waals surface area contributed by atoms with Crippen molar-refractivity contribution in [2.75, 3.05) is 12.3 Å². The molecule has 2 N–H and O–H groups in total. The molecule has 30 heavy (non-hydrogen) atoms. The molecule has 2 aromatic carbocycles. The third kappa shape index (κ3) is 3.64. The number of ether oxygens (including phenoxy) is 1. The first-order valence-corrected chi connectivity index (χ1v) is 9.88. The minimum Gasteiger partial charge on any atom is -0.485 e. The zero-order valence-electron chi connectivity index (χ0n) is 17.3. The first kappa shape index (κ1) is 19.6. The minimum atomic E-state index is -0.0535. The summed E-state index contributed by atoms with van der Waals surface area (Å²) in [6, 6.07) is 15.2. The monoisotopic (exact) mass is 400 g/mol. The minimum absolute atomic E-state index is 0.00373. The molecule has 0 radical (unpaired) electrons. The van der Waals surface area contributed by atoms with Gasteiger partial charge in [-0.1, -0.05) is 36.4 Å². The highest BCUT2D eigenvalue weighted by Gasteiger charge is 2.18. The summed E-state index contributed by atoms with van der Waals surface area (Å²) in [5, 5.41) is 0.849. The molecule has 0 atom stereocenters. The van der Waals surface area contributed by atoms with E-state index in [0.717, 1.165) is 27.7 Å². The van der Waals surface area contributed by atoms with Crippen molar-refractivity contribution in [1.29, 1.82) is 0 Å². The molecule has 4 aromatic rings. The molecule has 0 aliphatic heterocycles. The molecule has 0 unspecified atom stereocenters. The molecule has 2 heterocycles. The maximum atomic E-state index is 12.3. The van der Waals surface area contributed by atoms with E-state index in [-0.39, 0.29) is 18.4 Å².